The first-order valence-electron chi connectivity index (χ1n) is 13.5. The van der Waals surface area contributed by atoms with Gasteiger partial charge in [-0.2, -0.15) is 13.2 Å². The SMILES string of the molecule is O=C1NCCCN(C(=O)c2ccc(C(F)(F)F)nc2)CCCN2C(=O)[C@@]3(c4ccccc42)[C@H]1C[C@@H]1CCCN13. The number of anilines is 1. The quantitative estimate of drug-likeness (QED) is 0.600. The van der Waals surface area contributed by atoms with E-state index < -0.39 is 29.2 Å². The molecule has 4 aliphatic rings. The molecule has 8 nitrogen and oxygen atoms in total. The molecule has 11 heteroatoms. The summed E-state index contributed by atoms with van der Waals surface area (Å²) in [5.74, 6) is -1.17. The number of pyridine rings is 1. The van der Waals surface area contributed by atoms with Gasteiger partial charge in [0.1, 0.15) is 11.2 Å². The molecule has 3 fully saturated rings. The van der Waals surface area contributed by atoms with Crippen LogP contribution in [0.2, 0.25) is 0 Å². The second-order valence-electron chi connectivity index (χ2n) is 10.7. The third-order valence-corrected chi connectivity index (χ3v) is 8.64. The Morgan fingerprint density at radius 1 is 1.00 bits per heavy atom. The third kappa shape index (κ3) is 4.09. The number of para-hydroxylation sites is 1. The molecule has 3 amide bonds. The number of rotatable bonds is 1. The summed E-state index contributed by atoms with van der Waals surface area (Å²) in [6.07, 6.45) is -0.0902. The van der Waals surface area contributed by atoms with Crippen molar-refractivity contribution in [2.24, 2.45) is 5.92 Å². The molecule has 0 saturated carbocycles. The number of nitrogens with one attached hydrogen (secondary N) is 1. The van der Waals surface area contributed by atoms with E-state index in [-0.39, 0.29) is 23.4 Å². The maximum atomic E-state index is 14.3. The molecule has 0 radical (unpaired) electrons. The Balaban J connectivity index is 1.30. The Morgan fingerprint density at radius 3 is 2.56 bits per heavy atom. The van der Waals surface area contributed by atoms with Crippen LogP contribution in [0.1, 0.15) is 53.7 Å². The molecule has 4 aliphatic heterocycles. The highest BCUT2D eigenvalue weighted by molar-refractivity contribution is 6.11. The van der Waals surface area contributed by atoms with Gasteiger partial charge in [-0.3, -0.25) is 24.3 Å². The first kappa shape index (κ1) is 25.8. The van der Waals surface area contributed by atoms with Crippen LogP contribution in [0.4, 0.5) is 18.9 Å². The van der Waals surface area contributed by atoms with Gasteiger partial charge in [0.25, 0.3) is 11.8 Å². The van der Waals surface area contributed by atoms with Gasteiger partial charge in [-0.15, -0.1) is 0 Å². The van der Waals surface area contributed by atoms with Crippen LogP contribution >= 0.6 is 0 Å². The van der Waals surface area contributed by atoms with E-state index in [1.54, 1.807) is 9.80 Å². The van der Waals surface area contributed by atoms with Crippen molar-refractivity contribution in [2.75, 3.05) is 37.6 Å². The summed E-state index contributed by atoms with van der Waals surface area (Å²) in [6, 6.07) is 9.82. The molecule has 1 aromatic heterocycles. The van der Waals surface area contributed by atoms with Crippen molar-refractivity contribution in [2.45, 2.75) is 49.9 Å². The summed E-state index contributed by atoms with van der Waals surface area (Å²) >= 11 is 0. The number of aromatic nitrogens is 1. The van der Waals surface area contributed by atoms with Gasteiger partial charge >= 0.3 is 6.18 Å². The second-order valence-corrected chi connectivity index (χ2v) is 10.7. The smallest absolute Gasteiger partial charge is 0.356 e. The zero-order chi connectivity index (χ0) is 27.4. The second kappa shape index (κ2) is 9.62. The molecule has 206 valence electrons. The van der Waals surface area contributed by atoms with Gasteiger partial charge in [0, 0.05) is 49.7 Å². The zero-order valence-electron chi connectivity index (χ0n) is 21.4. The minimum Gasteiger partial charge on any atom is -0.356 e. The minimum atomic E-state index is -4.59. The van der Waals surface area contributed by atoms with Crippen LogP contribution in [0, 0.1) is 5.92 Å². The zero-order valence-corrected chi connectivity index (χ0v) is 21.4. The van der Waals surface area contributed by atoms with E-state index in [0.29, 0.717) is 45.4 Å². The van der Waals surface area contributed by atoms with Crippen LogP contribution in [-0.2, 0) is 21.3 Å². The lowest BCUT2D eigenvalue weighted by molar-refractivity contribution is -0.141. The molecule has 6 rings (SSSR count). The topological polar surface area (TPSA) is 85.9 Å². The average Bonchev–Trinajstić information content (AvgIpc) is 3.58. The van der Waals surface area contributed by atoms with Crippen molar-refractivity contribution in [3.8, 4) is 0 Å². The molecular weight excluding hydrogens is 511 g/mol. The number of carbonyl (C=O) groups excluding carboxylic acids is 3. The lowest BCUT2D eigenvalue weighted by Gasteiger charge is -2.37. The summed E-state index contributed by atoms with van der Waals surface area (Å²) in [4.78, 5) is 50.2. The van der Waals surface area contributed by atoms with E-state index in [2.05, 4.69) is 15.2 Å². The summed E-state index contributed by atoms with van der Waals surface area (Å²) in [5.41, 5.74) is -0.336. The Kier molecular flexibility index (Phi) is 6.36. The van der Waals surface area contributed by atoms with Gasteiger partial charge in [-0.25, -0.2) is 0 Å². The standard InChI is InChI=1S/C28H30F3N5O3/c29-28(30,31)23-10-9-18(17-33-23)25(38)34-12-4-11-32-24(37)21-16-19-6-3-15-36(19)27(21)20-7-1-2-8-22(20)35(26(27)39)14-5-13-34/h1-2,7-10,17,19,21H,3-6,11-16H2,(H,32,37)/t19-,21-,27+/m0/s1. The molecule has 2 bridgehead atoms. The van der Waals surface area contributed by atoms with E-state index >= 15 is 0 Å². The van der Waals surface area contributed by atoms with Crippen LogP contribution in [0.3, 0.4) is 0 Å². The molecule has 3 saturated heterocycles. The largest absolute Gasteiger partial charge is 0.433 e. The van der Waals surface area contributed by atoms with Crippen molar-refractivity contribution in [3.05, 3.63) is 59.4 Å². The number of halogens is 3. The molecule has 3 atom stereocenters. The molecule has 2 aromatic rings. The fourth-order valence-corrected chi connectivity index (χ4v) is 6.99. The maximum absolute atomic E-state index is 14.3. The van der Waals surface area contributed by atoms with Crippen LogP contribution < -0.4 is 10.2 Å². The number of fused-ring (bicyclic) bond motifs is 4. The van der Waals surface area contributed by atoms with E-state index in [0.717, 1.165) is 49.0 Å². The number of amides is 3. The van der Waals surface area contributed by atoms with Crippen molar-refractivity contribution < 1.29 is 27.6 Å². The predicted octanol–water partition coefficient (Wildman–Crippen LogP) is 3.18. The van der Waals surface area contributed by atoms with Gasteiger partial charge in [0.15, 0.2) is 0 Å². The Morgan fingerprint density at radius 2 is 1.79 bits per heavy atom. The normalized spacial score (nSPS) is 27.7. The van der Waals surface area contributed by atoms with Gasteiger partial charge in [-0.05, 0) is 56.8 Å². The lowest BCUT2D eigenvalue weighted by atomic mass is 9.78. The highest BCUT2D eigenvalue weighted by Gasteiger charge is 2.67. The summed E-state index contributed by atoms with van der Waals surface area (Å²) in [6.45, 7) is 2.08. The van der Waals surface area contributed by atoms with Crippen molar-refractivity contribution >= 4 is 23.4 Å². The molecule has 1 aromatic carbocycles. The highest BCUT2D eigenvalue weighted by Crippen LogP contribution is 2.57. The average molecular weight is 542 g/mol. The van der Waals surface area contributed by atoms with Gasteiger partial charge in [-0.1, -0.05) is 18.2 Å². The first-order valence-corrected chi connectivity index (χ1v) is 13.5. The van der Waals surface area contributed by atoms with Gasteiger partial charge < -0.3 is 15.1 Å². The van der Waals surface area contributed by atoms with Gasteiger partial charge in [0.05, 0.1) is 11.5 Å². The summed E-state index contributed by atoms with van der Waals surface area (Å²) in [5, 5.41) is 3.02. The molecule has 0 aliphatic carbocycles. The number of alkyl halides is 3. The molecule has 1 N–H and O–H groups in total. The number of hydrogen-bond donors (Lipinski definition) is 1. The fraction of sp³-hybridized carbons (Fsp3) is 0.500. The van der Waals surface area contributed by atoms with Crippen molar-refractivity contribution in [1.29, 1.82) is 0 Å². The monoisotopic (exact) mass is 541 g/mol. The predicted molar refractivity (Wildman–Crippen MR) is 136 cm³/mol. The first-order chi connectivity index (χ1) is 18.7. The maximum Gasteiger partial charge on any atom is 0.433 e. The van der Waals surface area contributed by atoms with E-state index in [1.807, 2.05) is 24.3 Å². The van der Waals surface area contributed by atoms with Crippen LogP contribution in [-0.4, -0.2) is 71.3 Å². The molecule has 0 unspecified atom stereocenters. The Bertz CT molecular complexity index is 1300. The summed E-state index contributed by atoms with van der Waals surface area (Å²) < 4.78 is 38.8. The number of benzene rings is 1. The van der Waals surface area contributed by atoms with Gasteiger partial charge in [0.2, 0.25) is 5.91 Å². The molecular formula is C28H30F3N5O3. The summed E-state index contributed by atoms with van der Waals surface area (Å²) in [7, 11) is 0. The highest BCUT2D eigenvalue weighted by atomic mass is 19.4. The van der Waals surface area contributed by atoms with Crippen molar-refractivity contribution in [1.82, 2.24) is 20.1 Å². The van der Waals surface area contributed by atoms with Crippen LogP contribution in [0.15, 0.2) is 42.6 Å². The van der Waals surface area contributed by atoms with E-state index in [9.17, 15) is 27.6 Å². The van der Waals surface area contributed by atoms with Crippen molar-refractivity contribution in [3.63, 3.8) is 0 Å². The third-order valence-electron chi connectivity index (χ3n) is 8.64. The Labute approximate surface area is 224 Å². The number of carbonyl (C=O) groups is 3. The van der Waals surface area contributed by atoms with E-state index in [4.69, 9.17) is 0 Å². The molecule has 1 spiro atoms. The lowest BCUT2D eigenvalue weighted by Crippen LogP contribution is -2.56. The number of hydrogen-bond acceptors (Lipinski definition) is 5. The van der Waals surface area contributed by atoms with E-state index in [1.165, 1.54) is 0 Å². The minimum absolute atomic E-state index is 0.0625. The Hall–Kier alpha value is -3.47. The van der Waals surface area contributed by atoms with Crippen LogP contribution in [0.5, 0.6) is 0 Å². The molecule has 39 heavy (non-hydrogen) atoms. The molecule has 5 heterocycles. The fourth-order valence-electron chi connectivity index (χ4n) is 6.99. The van der Waals surface area contributed by atoms with Crippen LogP contribution in [0.25, 0.3) is 0 Å². The number of nitrogens with zero attached hydrogens (tertiary/aromatic N) is 4.